The largest absolute Gasteiger partial charge is 0.365 e. The summed E-state index contributed by atoms with van der Waals surface area (Å²) in [4.78, 5) is 21.6. The number of rotatable bonds is 4. The summed E-state index contributed by atoms with van der Waals surface area (Å²) in [5.41, 5.74) is 3.56. The van der Waals surface area contributed by atoms with E-state index in [0.717, 1.165) is 42.0 Å². The van der Waals surface area contributed by atoms with Gasteiger partial charge in [-0.15, -0.1) is 0 Å². The van der Waals surface area contributed by atoms with Gasteiger partial charge >= 0.3 is 0 Å². The molecule has 3 aromatic rings. The zero-order valence-electron chi connectivity index (χ0n) is 16.6. The Morgan fingerprint density at radius 3 is 2.59 bits per heavy atom. The lowest BCUT2D eigenvalue weighted by atomic mass is 10.0. The third-order valence-electron chi connectivity index (χ3n) is 6.00. The molecule has 3 heterocycles. The first-order chi connectivity index (χ1) is 14.1. The highest BCUT2D eigenvalue weighted by molar-refractivity contribution is 5.98. The average Bonchev–Trinajstić information content (AvgIpc) is 3.46. The Bertz CT molecular complexity index is 1030. The molecule has 1 aliphatic heterocycles. The molecule has 1 N–H and O–H groups in total. The van der Waals surface area contributed by atoms with Gasteiger partial charge in [0.1, 0.15) is 5.82 Å². The van der Waals surface area contributed by atoms with Gasteiger partial charge in [0, 0.05) is 18.8 Å². The maximum Gasteiger partial charge on any atom is 0.256 e. The Hall–Kier alpha value is -3.22. The molecule has 7 heteroatoms. The fourth-order valence-corrected chi connectivity index (χ4v) is 4.65. The number of aryl methyl sites for hydroxylation is 2. The van der Waals surface area contributed by atoms with E-state index in [1.165, 1.54) is 4.80 Å². The number of nitrogens with zero attached hydrogens (tertiary/aromatic N) is 5. The van der Waals surface area contributed by atoms with E-state index in [2.05, 4.69) is 26.6 Å². The van der Waals surface area contributed by atoms with Crippen LogP contribution in [0.2, 0.25) is 0 Å². The summed E-state index contributed by atoms with van der Waals surface area (Å²) in [5, 5.41) is 12.0. The highest BCUT2D eigenvalue weighted by atomic mass is 16.2. The fraction of sp³-hybridized carbons (Fsp3) is 0.364. The number of amides is 1. The zero-order valence-corrected chi connectivity index (χ0v) is 16.6. The molecule has 2 aromatic heterocycles. The van der Waals surface area contributed by atoms with Crippen LogP contribution in [0.15, 0.2) is 48.9 Å². The Morgan fingerprint density at radius 2 is 1.86 bits per heavy atom. The maximum absolute atomic E-state index is 13.6. The minimum absolute atomic E-state index is 0.0527. The van der Waals surface area contributed by atoms with E-state index in [1.54, 1.807) is 12.4 Å². The monoisotopic (exact) mass is 388 g/mol. The molecule has 0 radical (unpaired) electrons. The van der Waals surface area contributed by atoms with Crippen LogP contribution in [0.5, 0.6) is 0 Å². The molecule has 0 spiro atoms. The lowest BCUT2D eigenvalue weighted by Crippen LogP contribution is -2.48. The smallest absolute Gasteiger partial charge is 0.256 e. The summed E-state index contributed by atoms with van der Waals surface area (Å²) >= 11 is 0. The highest BCUT2D eigenvalue weighted by Crippen LogP contribution is 2.40. The lowest BCUT2D eigenvalue weighted by molar-refractivity contribution is 0.0691. The molecule has 29 heavy (non-hydrogen) atoms. The average molecular weight is 388 g/mol. The van der Waals surface area contributed by atoms with E-state index < -0.39 is 0 Å². The first-order valence-corrected chi connectivity index (χ1v) is 10.1. The van der Waals surface area contributed by atoms with Crippen molar-refractivity contribution in [1.82, 2.24) is 24.9 Å². The number of nitrogens with one attached hydrogen (secondary N) is 1. The van der Waals surface area contributed by atoms with E-state index in [1.807, 2.05) is 49.2 Å². The van der Waals surface area contributed by atoms with Gasteiger partial charge in [0.15, 0.2) is 0 Å². The van der Waals surface area contributed by atoms with Crippen LogP contribution in [-0.2, 0) is 0 Å². The third kappa shape index (κ3) is 3.26. The van der Waals surface area contributed by atoms with Crippen LogP contribution in [-0.4, -0.2) is 49.4 Å². The number of piperidine rings is 1. The second kappa shape index (κ2) is 6.99. The molecule has 1 saturated heterocycles. The third-order valence-corrected chi connectivity index (χ3v) is 6.00. The molecular weight excluding hydrogens is 364 g/mol. The number of hydrogen-bond donors (Lipinski definition) is 1. The summed E-state index contributed by atoms with van der Waals surface area (Å²) < 4.78 is 0. The number of anilines is 1. The molecule has 1 aliphatic carbocycles. The van der Waals surface area contributed by atoms with Crippen LogP contribution in [0.4, 0.5) is 5.82 Å². The van der Waals surface area contributed by atoms with Crippen molar-refractivity contribution in [2.24, 2.45) is 5.92 Å². The minimum Gasteiger partial charge on any atom is -0.365 e. The number of benzene rings is 1. The van der Waals surface area contributed by atoms with Crippen LogP contribution in [0, 0.1) is 19.8 Å². The predicted molar refractivity (Wildman–Crippen MR) is 110 cm³/mol. The number of fused-ring (bicyclic) bond motifs is 2. The van der Waals surface area contributed by atoms with Gasteiger partial charge in [-0.2, -0.15) is 15.0 Å². The van der Waals surface area contributed by atoms with Gasteiger partial charge in [0.05, 0.1) is 29.7 Å². The summed E-state index contributed by atoms with van der Waals surface area (Å²) in [5.74, 6) is 1.46. The summed E-state index contributed by atoms with van der Waals surface area (Å²) in [6.07, 6.45) is 7.23. The Morgan fingerprint density at radius 1 is 1.07 bits per heavy atom. The van der Waals surface area contributed by atoms with Crippen molar-refractivity contribution in [3.05, 3.63) is 65.6 Å². The van der Waals surface area contributed by atoms with E-state index in [4.69, 9.17) is 0 Å². The molecule has 2 bridgehead atoms. The molecule has 7 nitrogen and oxygen atoms in total. The van der Waals surface area contributed by atoms with Crippen LogP contribution in [0.3, 0.4) is 0 Å². The summed E-state index contributed by atoms with van der Waals surface area (Å²) in [6.45, 7) is 4.84. The van der Waals surface area contributed by atoms with Crippen molar-refractivity contribution in [2.45, 2.75) is 38.8 Å². The Labute approximate surface area is 169 Å². The van der Waals surface area contributed by atoms with Gasteiger partial charge in [0.25, 0.3) is 5.91 Å². The van der Waals surface area contributed by atoms with E-state index in [9.17, 15) is 4.79 Å². The van der Waals surface area contributed by atoms with Crippen LogP contribution in [0.25, 0.3) is 5.69 Å². The molecule has 148 valence electrons. The number of likely N-dealkylation sites (tertiary alicyclic amines) is 1. The van der Waals surface area contributed by atoms with Gasteiger partial charge in [0.2, 0.25) is 0 Å². The van der Waals surface area contributed by atoms with Crippen LogP contribution >= 0.6 is 0 Å². The second-order valence-corrected chi connectivity index (χ2v) is 8.17. The summed E-state index contributed by atoms with van der Waals surface area (Å²) in [6, 6.07) is 10.3. The number of pyridine rings is 1. The molecule has 1 saturated carbocycles. The zero-order chi connectivity index (χ0) is 20.0. The highest BCUT2D eigenvalue weighted by Gasteiger charge is 2.47. The predicted octanol–water partition coefficient (Wildman–Crippen LogP) is 2.99. The number of carbonyl (C=O) groups is 1. The SMILES string of the molecule is Cc1ccc(NC2CC3CC2N(C(=O)c2cc(C)ccc2-n2nccn2)C3)nc1. The molecule has 2 aliphatic rings. The van der Waals surface area contributed by atoms with E-state index in [0.29, 0.717) is 11.5 Å². The van der Waals surface area contributed by atoms with Crippen LogP contribution < -0.4 is 5.32 Å². The van der Waals surface area contributed by atoms with Gasteiger partial charge < -0.3 is 10.2 Å². The summed E-state index contributed by atoms with van der Waals surface area (Å²) in [7, 11) is 0. The van der Waals surface area contributed by atoms with E-state index >= 15 is 0 Å². The standard InChI is InChI=1S/C22H24N6O/c1-14-3-5-19(28-24-7-8-25-28)17(9-14)22(29)27-13-16-10-18(20(27)11-16)26-21-6-4-15(2)12-23-21/h3-9,12,16,18,20H,10-11,13H2,1-2H3,(H,23,26). The maximum atomic E-state index is 13.6. The number of hydrogen-bond acceptors (Lipinski definition) is 5. The molecule has 5 rings (SSSR count). The Balaban J connectivity index is 1.41. The minimum atomic E-state index is 0.0527. The quantitative estimate of drug-likeness (QED) is 0.744. The van der Waals surface area contributed by atoms with Crippen molar-refractivity contribution >= 4 is 11.7 Å². The fourth-order valence-electron chi connectivity index (χ4n) is 4.65. The number of aromatic nitrogens is 4. The van der Waals surface area contributed by atoms with Crippen molar-refractivity contribution in [3.63, 3.8) is 0 Å². The second-order valence-electron chi connectivity index (χ2n) is 8.17. The Kier molecular flexibility index (Phi) is 4.30. The molecule has 3 atom stereocenters. The van der Waals surface area contributed by atoms with Crippen molar-refractivity contribution in [2.75, 3.05) is 11.9 Å². The van der Waals surface area contributed by atoms with Crippen molar-refractivity contribution in [1.29, 1.82) is 0 Å². The van der Waals surface area contributed by atoms with Crippen molar-refractivity contribution in [3.8, 4) is 5.69 Å². The molecule has 3 unspecified atom stereocenters. The van der Waals surface area contributed by atoms with Gasteiger partial charge in [-0.1, -0.05) is 17.7 Å². The van der Waals surface area contributed by atoms with Gasteiger partial charge in [-0.05, 0) is 56.4 Å². The van der Waals surface area contributed by atoms with Gasteiger partial charge in [-0.25, -0.2) is 4.98 Å². The molecular formula is C22H24N6O. The molecule has 1 aromatic carbocycles. The van der Waals surface area contributed by atoms with Crippen LogP contribution in [0.1, 0.15) is 34.3 Å². The topological polar surface area (TPSA) is 75.9 Å². The first-order valence-electron chi connectivity index (χ1n) is 10.1. The normalized spacial score (nSPS) is 22.8. The van der Waals surface area contributed by atoms with Crippen molar-refractivity contribution < 1.29 is 4.79 Å². The van der Waals surface area contributed by atoms with E-state index in [-0.39, 0.29) is 18.0 Å². The lowest BCUT2D eigenvalue weighted by Gasteiger charge is -2.34. The molecule has 1 amide bonds. The first kappa shape index (κ1) is 17.8. The number of carbonyl (C=O) groups excluding carboxylic acids is 1. The van der Waals surface area contributed by atoms with Gasteiger partial charge in [-0.3, -0.25) is 4.79 Å². The molecule has 2 fully saturated rings.